The molecule has 12 heteroatoms. The number of halogens is 2. The van der Waals surface area contributed by atoms with Crippen LogP contribution in [0.3, 0.4) is 0 Å². The highest BCUT2D eigenvalue weighted by atomic mass is 35.5. The van der Waals surface area contributed by atoms with Gasteiger partial charge in [0.1, 0.15) is 23.4 Å². The first-order valence-electron chi connectivity index (χ1n) is 13.4. The number of hydrogen-bond acceptors (Lipinski definition) is 8. The molecule has 1 unspecified atom stereocenters. The van der Waals surface area contributed by atoms with Gasteiger partial charge >= 0.3 is 6.01 Å². The minimum Gasteiger partial charge on any atom is -0.463 e. The number of imidazole rings is 1. The molecule has 212 valence electrons. The predicted molar refractivity (Wildman–Crippen MR) is 157 cm³/mol. The van der Waals surface area contributed by atoms with Gasteiger partial charge in [0, 0.05) is 73.9 Å². The number of fused-ring (bicyclic) bond motifs is 2. The fourth-order valence-electron chi connectivity index (χ4n) is 5.37. The minimum atomic E-state index is -0.729. The van der Waals surface area contributed by atoms with E-state index < -0.39 is 12.0 Å². The maximum atomic E-state index is 16.6. The van der Waals surface area contributed by atoms with E-state index in [0.29, 0.717) is 49.4 Å². The van der Waals surface area contributed by atoms with Crippen LogP contribution in [0.2, 0.25) is 5.02 Å². The molecule has 1 aliphatic rings. The Labute approximate surface area is 241 Å². The number of nitrogens with one attached hydrogen (secondary N) is 1. The molecule has 2 N–H and O–H groups in total. The summed E-state index contributed by atoms with van der Waals surface area (Å²) in [6.07, 6.45) is 6.58. The van der Waals surface area contributed by atoms with Crippen LogP contribution >= 0.6 is 11.6 Å². The summed E-state index contributed by atoms with van der Waals surface area (Å²) in [6, 6.07) is 5.61. The molecule has 0 aliphatic carbocycles. The Kier molecular flexibility index (Phi) is 7.33. The highest BCUT2D eigenvalue weighted by Gasteiger charge is 2.27. The second-order valence-corrected chi connectivity index (χ2v) is 10.5. The zero-order valence-corrected chi connectivity index (χ0v) is 23.6. The molecular weight excluding hydrogens is 547 g/mol. The van der Waals surface area contributed by atoms with Crippen LogP contribution in [0.1, 0.15) is 11.4 Å². The Hall–Kier alpha value is -4.06. The summed E-state index contributed by atoms with van der Waals surface area (Å²) < 4.78 is 24.5. The molecule has 1 atom stereocenters. The number of hydrogen-bond donors (Lipinski definition) is 2. The van der Waals surface area contributed by atoms with Crippen LogP contribution in [0, 0.1) is 12.7 Å². The summed E-state index contributed by atoms with van der Waals surface area (Å²) in [6.45, 7) is 8.12. The molecule has 4 heterocycles. The van der Waals surface area contributed by atoms with E-state index in [4.69, 9.17) is 21.3 Å². The zero-order chi connectivity index (χ0) is 28.7. The predicted octanol–water partition coefficient (Wildman–Crippen LogP) is 4.26. The monoisotopic (exact) mass is 576 g/mol. The van der Waals surface area contributed by atoms with E-state index in [-0.39, 0.29) is 28.7 Å². The molecule has 0 saturated carbocycles. The van der Waals surface area contributed by atoms with Crippen molar-refractivity contribution in [3.63, 3.8) is 0 Å². The molecule has 0 radical (unpaired) electrons. The van der Waals surface area contributed by atoms with Crippen molar-refractivity contribution in [3.8, 4) is 17.1 Å². The van der Waals surface area contributed by atoms with Crippen molar-refractivity contribution in [1.29, 1.82) is 0 Å². The van der Waals surface area contributed by atoms with Gasteiger partial charge in [-0.15, -0.1) is 0 Å². The van der Waals surface area contributed by atoms with Gasteiger partial charge in [0.25, 0.3) is 0 Å². The number of aliphatic hydroxyl groups is 1. The Morgan fingerprint density at radius 2 is 2.00 bits per heavy atom. The number of H-pyrrole nitrogens is 1. The smallest absolute Gasteiger partial charge is 0.319 e. The second-order valence-electron chi connectivity index (χ2n) is 10.1. The van der Waals surface area contributed by atoms with E-state index in [1.165, 1.54) is 6.08 Å². The Morgan fingerprint density at radius 3 is 2.73 bits per heavy atom. The lowest BCUT2D eigenvalue weighted by atomic mass is 9.95. The van der Waals surface area contributed by atoms with Gasteiger partial charge in [0.2, 0.25) is 0 Å². The van der Waals surface area contributed by atoms with Crippen LogP contribution < -0.4 is 9.64 Å². The van der Waals surface area contributed by atoms with Gasteiger partial charge in [-0.2, -0.15) is 15.1 Å². The topological polar surface area (TPSA) is 108 Å². The first kappa shape index (κ1) is 27.1. The number of rotatable bonds is 8. The number of anilines is 1. The van der Waals surface area contributed by atoms with Crippen LogP contribution in [-0.2, 0) is 13.5 Å². The van der Waals surface area contributed by atoms with Crippen molar-refractivity contribution < 1.29 is 14.2 Å². The molecule has 1 aliphatic heterocycles. The van der Waals surface area contributed by atoms with E-state index in [9.17, 15) is 5.11 Å². The molecule has 6 rings (SSSR count). The van der Waals surface area contributed by atoms with Crippen LogP contribution in [0.5, 0.6) is 6.01 Å². The average Bonchev–Trinajstić information content (AvgIpc) is 3.62. The van der Waals surface area contributed by atoms with E-state index in [1.807, 2.05) is 46.7 Å². The van der Waals surface area contributed by atoms with E-state index >= 15 is 4.39 Å². The highest BCUT2D eigenvalue weighted by Crippen LogP contribution is 2.42. The van der Waals surface area contributed by atoms with Crippen LogP contribution in [0.4, 0.5) is 10.2 Å². The van der Waals surface area contributed by atoms with Crippen LogP contribution in [0.15, 0.2) is 49.4 Å². The number of aromatic amines is 1. The summed E-state index contributed by atoms with van der Waals surface area (Å²) in [5.74, 6) is 0.829. The molecule has 0 amide bonds. The fraction of sp³-hybridized carbons (Fsp3) is 0.310. The van der Waals surface area contributed by atoms with Gasteiger partial charge in [-0.3, -0.25) is 10.00 Å². The lowest BCUT2D eigenvalue weighted by Crippen LogP contribution is -2.50. The Balaban J connectivity index is 1.45. The van der Waals surface area contributed by atoms with Gasteiger partial charge in [-0.05, 0) is 30.7 Å². The number of piperazine rings is 1. The van der Waals surface area contributed by atoms with Crippen LogP contribution in [-0.4, -0.2) is 78.7 Å². The minimum absolute atomic E-state index is 0.0701. The van der Waals surface area contributed by atoms with Crippen molar-refractivity contribution in [3.05, 3.63) is 71.7 Å². The highest BCUT2D eigenvalue weighted by molar-refractivity contribution is 6.35. The van der Waals surface area contributed by atoms with Crippen molar-refractivity contribution >= 4 is 39.2 Å². The molecule has 0 spiro atoms. The fourth-order valence-corrected chi connectivity index (χ4v) is 5.66. The maximum Gasteiger partial charge on any atom is 0.319 e. The molecule has 1 saturated heterocycles. The van der Waals surface area contributed by atoms with Gasteiger partial charge in [-0.1, -0.05) is 24.2 Å². The third-order valence-electron chi connectivity index (χ3n) is 7.60. The molecule has 1 fully saturated rings. The number of benzene rings is 2. The van der Waals surface area contributed by atoms with Gasteiger partial charge in [0.15, 0.2) is 5.82 Å². The third kappa shape index (κ3) is 5.01. The molecule has 10 nitrogen and oxygen atoms in total. The number of aromatic nitrogens is 6. The summed E-state index contributed by atoms with van der Waals surface area (Å²) in [7, 11) is 1.92. The zero-order valence-electron chi connectivity index (χ0n) is 22.8. The molecule has 41 heavy (non-hydrogen) atoms. The Bertz CT molecular complexity index is 1740. The normalized spacial score (nSPS) is 15.1. The summed E-state index contributed by atoms with van der Waals surface area (Å²) in [5.41, 5.74) is 2.67. The van der Waals surface area contributed by atoms with Crippen molar-refractivity contribution in [2.24, 2.45) is 7.05 Å². The first-order valence-corrected chi connectivity index (χ1v) is 13.7. The van der Waals surface area contributed by atoms with Gasteiger partial charge in [-0.25, -0.2) is 9.37 Å². The number of nitrogens with zero attached hydrogens (tertiary/aromatic N) is 7. The Morgan fingerprint density at radius 1 is 1.20 bits per heavy atom. The molecule has 5 aromatic rings. The molecule has 2 aromatic carbocycles. The maximum absolute atomic E-state index is 16.6. The van der Waals surface area contributed by atoms with Crippen molar-refractivity contribution in [2.75, 3.05) is 37.7 Å². The lowest BCUT2D eigenvalue weighted by Gasteiger charge is -2.37. The molecule has 3 aromatic heterocycles. The quantitative estimate of drug-likeness (QED) is 0.264. The van der Waals surface area contributed by atoms with Gasteiger partial charge in [0.05, 0.1) is 23.3 Å². The van der Waals surface area contributed by atoms with Gasteiger partial charge < -0.3 is 19.3 Å². The second kappa shape index (κ2) is 11.1. The average molecular weight is 577 g/mol. The van der Waals surface area contributed by atoms with Crippen LogP contribution in [0.25, 0.3) is 32.9 Å². The summed E-state index contributed by atoms with van der Waals surface area (Å²) >= 11 is 6.83. The van der Waals surface area contributed by atoms with E-state index in [0.717, 1.165) is 22.3 Å². The number of aryl methyl sites for hydroxylation is 2. The van der Waals surface area contributed by atoms with E-state index in [1.54, 1.807) is 18.5 Å². The molecular formula is C29H30ClFN8O2. The van der Waals surface area contributed by atoms with E-state index in [2.05, 4.69) is 26.7 Å². The number of ether oxygens (including phenoxy) is 1. The lowest BCUT2D eigenvalue weighted by molar-refractivity contribution is 0.0379. The standard InChI is InChI=1S/C29H30ClFN8O2/c1-4-23(40)38-10-12-39(13-11-38)28-18-15-20(30)25(24-17(2)5-6-21-19(24)16-33-36-21)26(31)27(18)34-29(35-28)41-14-7-22-32-8-9-37(22)3/h4-6,8-9,15-16,23,40H,1,7,10-14H2,2-3H3,(H,33,36). The third-order valence-corrected chi connectivity index (χ3v) is 7.90. The SMILES string of the molecule is C=CC(O)N1CCN(c2nc(OCCc3nccn3C)nc3c(F)c(-c4c(C)ccc5[nH]ncc45)c(Cl)cc23)CC1. The van der Waals surface area contributed by atoms with Crippen molar-refractivity contribution in [2.45, 2.75) is 19.6 Å². The summed E-state index contributed by atoms with van der Waals surface area (Å²) in [5, 5.41) is 18.8. The largest absolute Gasteiger partial charge is 0.463 e. The van der Waals surface area contributed by atoms with Crippen molar-refractivity contribution in [1.82, 2.24) is 34.6 Å². The summed E-state index contributed by atoms with van der Waals surface area (Å²) in [4.78, 5) is 17.6. The number of aliphatic hydroxyl groups excluding tert-OH is 1. The molecule has 0 bridgehead atoms. The first-order chi connectivity index (χ1) is 19.9.